The molecule has 0 saturated carbocycles. The fraction of sp³-hybridized carbons (Fsp3) is 0.412. The first kappa shape index (κ1) is 135. The Kier molecular flexibility index (Phi) is 54.1. The van der Waals surface area contributed by atoms with E-state index in [0.717, 1.165) is 180 Å². The summed E-state index contributed by atoms with van der Waals surface area (Å²) >= 11 is 3.66. The maximum absolute atomic E-state index is 13.5. The normalized spacial score (nSPS) is 16.9. The van der Waals surface area contributed by atoms with Gasteiger partial charge in [-0.15, -0.1) is 4.33 Å². The van der Waals surface area contributed by atoms with Gasteiger partial charge in [-0.25, -0.2) is 22.8 Å². The van der Waals surface area contributed by atoms with E-state index in [-0.39, 0.29) is 291 Å². The third-order valence-electron chi connectivity index (χ3n) is 26.7. The Morgan fingerprint density at radius 3 is 1.31 bits per heavy atom. The van der Waals surface area contributed by atoms with Crippen LogP contribution in [0.15, 0.2) is 225 Å². The fourth-order valence-corrected chi connectivity index (χ4v) is 19.3. The van der Waals surface area contributed by atoms with Crippen molar-refractivity contribution >= 4 is 139 Å². The molecule has 42 heteroatoms. The number of halogens is 3. The van der Waals surface area contributed by atoms with Gasteiger partial charge < -0.3 is 120 Å². The number of Topliss-reactive ketones (excluding diaryl/α,β-unsaturated/α-hetero) is 2. The molecule has 0 atom stereocenters. The third-order valence-corrected chi connectivity index (χ3v) is 29.8. The summed E-state index contributed by atoms with van der Waals surface area (Å²) in [5.41, 5.74) is 20.1. The zero-order valence-electron chi connectivity index (χ0n) is 87.8. The predicted octanol–water partition coefficient (Wildman–Crippen LogP) is -2.66. The number of hydrogen-bond acceptors (Lipinski definition) is 30. The third kappa shape index (κ3) is 32.7. The van der Waals surface area contributed by atoms with Crippen molar-refractivity contribution in [2.24, 2.45) is 16.8 Å². The number of carbonyl (C=O) groups excluding carboxylic acids is 2. The molecule has 7 aliphatic rings. The second-order valence-electron chi connectivity index (χ2n) is 40.1. The van der Waals surface area contributed by atoms with Crippen molar-refractivity contribution in [2.45, 2.75) is 207 Å². The van der Waals surface area contributed by atoms with E-state index in [4.69, 9.17) is 11.1 Å². The molecule has 0 spiro atoms. The van der Waals surface area contributed by atoms with Gasteiger partial charge in [0, 0.05) is 155 Å². The molecule has 8 aromatic carbocycles. The molecule has 6 heterocycles. The number of para-hydroxylation sites is 2. The number of hydrazine groups is 1. The number of ketones is 2. The quantitative estimate of drug-likeness (QED) is 0.00316. The number of carbonyl (C=O) groups is 2. The van der Waals surface area contributed by atoms with Crippen LogP contribution in [-0.2, 0) is 89.7 Å². The molecule has 1 aliphatic carbocycles. The van der Waals surface area contributed by atoms with Crippen LogP contribution >= 0.6 is 48.2 Å². The van der Waals surface area contributed by atoms with E-state index in [1.54, 1.807) is 62.5 Å². The number of benzene rings is 7. The first-order valence-electron chi connectivity index (χ1n) is 44.9. The van der Waals surface area contributed by atoms with Gasteiger partial charge in [-0.1, -0.05) is 103 Å². The number of nitrogens with zero attached hydrogens (tertiary/aromatic N) is 8. The van der Waals surface area contributed by atoms with E-state index < -0.39 is 32.1 Å². The van der Waals surface area contributed by atoms with E-state index in [9.17, 15) is 58.1 Å². The number of allylic oxidation sites excluding steroid dienone is 6. The van der Waals surface area contributed by atoms with E-state index >= 15 is 0 Å². The van der Waals surface area contributed by atoms with Crippen molar-refractivity contribution in [1.82, 2.24) is 0 Å². The number of aromatic hydroxyl groups is 1. The van der Waals surface area contributed by atoms with Crippen molar-refractivity contribution in [2.75, 3.05) is 105 Å². The summed E-state index contributed by atoms with van der Waals surface area (Å²) in [4.78, 5) is 59.0. The summed E-state index contributed by atoms with van der Waals surface area (Å²) < 4.78 is 60.3. The number of anilines is 3. The molecule has 8 aromatic rings. The Hall–Kier alpha value is -2.84. The van der Waals surface area contributed by atoms with Crippen LogP contribution in [0.4, 0.5) is 39.8 Å². The van der Waals surface area contributed by atoms with E-state index in [2.05, 4.69) is 231 Å². The van der Waals surface area contributed by atoms with Gasteiger partial charge in [0.05, 0.1) is 136 Å². The molecule has 5 N–H and O–H groups in total. The number of unbranched alkanes of at least 4 members (excludes halogenated alkanes) is 2. The summed E-state index contributed by atoms with van der Waals surface area (Å²) in [5, 5.41) is 74.1. The average molecular weight is 2440 g/mol. The Labute approximate surface area is 1040 Å². The smallest absolute Gasteiger partial charge is 1.00 e. The number of fused-ring (bicyclic) bond motifs is 6. The topological polar surface area (TPSA) is 398 Å². The molecule has 0 radical (unpaired) electrons. The number of nitrogens with one attached hydrogen (secondary N) is 1. The SMILES string of the molecule is CC(=O)C(C)C.CC1(C)/C(=C\c2c(O)c(=O)c2=O)N(CCCC[N+](C)(C)C)c2ccccc21.CC1=Nc2ccc(SOO[O-])cc2C1(C)C.CC1=[N+](C)c2ccc(SOO[O-])cc2C1(C)C.CC1=[N+](C)c2ccc(SOO[O-])cc2C1(C)C.C[N+]1=C(C=C2C(=O)C(/C=C3/N(CCCC[N+](C)(C)C)c4ccccc4C3(C)C)=C2[O-])C(C)(C)c2cc(S(=O)(=O)[O-])ccc21.NNc1ccc(SOOO)cc1.[Br-].[I-].[I-].[K+].[K+].[K+]. The maximum atomic E-state index is 13.5. The Morgan fingerprint density at radius 2 is 0.917 bits per heavy atom. The number of hydrogen-bond donors (Lipinski definition) is 4. The molecule has 31 nitrogen and oxygen atoms in total. The van der Waals surface area contributed by atoms with Crippen LogP contribution in [0.5, 0.6) is 5.75 Å². The Bertz CT molecular complexity index is 6240. The molecule has 0 fully saturated rings. The number of nitrogens with two attached hydrogens (primary N) is 1. The minimum Gasteiger partial charge on any atom is -1.00 e. The van der Waals surface area contributed by atoms with Crippen LogP contribution in [0.3, 0.4) is 0 Å². The molecule has 0 unspecified atom stereocenters. The summed E-state index contributed by atoms with van der Waals surface area (Å²) in [6, 6.07) is 45.5. The zero-order valence-corrected chi connectivity index (χ0v) is 107. The van der Waals surface area contributed by atoms with Crippen molar-refractivity contribution in [3.05, 3.63) is 245 Å². The molecule has 0 bridgehead atoms. The molecule has 768 valence electrons. The van der Waals surface area contributed by atoms with Gasteiger partial charge in [0.1, 0.15) is 37.0 Å². The monoisotopic (exact) mass is 2440 g/mol. The Morgan fingerprint density at radius 1 is 0.528 bits per heavy atom. The van der Waals surface area contributed by atoms with Gasteiger partial charge in [0.15, 0.2) is 28.7 Å². The second kappa shape index (κ2) is 57.6. The van der Waals surface area contributed by atoms with Crippen molar-refractivity contribution in [3.8, 4) is 5.75 Å². The molecular weight excluding hydrogens is 2310 g/mol. The van der Waals surface area contributed by atoms with E-state index in [1.165, 1.54) is 57.2 Å². The molecule has 15 rings (SSSR count). The first-order valence-corrected chi connectivity index (χ1v) is 49.3. The predicted molar refractivity (Wildman–Crippen MR) is 534 cm³/mol. The molecular formula is C102H130BrI2K3N10O21S5. The number of quaternary nitrogens is 2. The molecule has 6 aliphatic heterocycles. The summed E-state index contributed by atoms with van der Waals surface area (Å²) in [5.74, 6) is 4.60. The molecule has 0 amide bonds. The van der Waals surface area contributed by atoms with Crippen LogP contribution in [0.1, 0.15) is 189 Å². The Balaban J connectivity index is 0.000000459. The van der Waals surface area contributed by atoms with Crippen LogP contribution < -0.4 is 272 Å². The van der Waals surface area contributed by atoms with Crippen LogP contribution in [-0.4, -0.2) is 170 Å². The number of rotatable bonds is 28. The van der Waals surface area contributed by atoms with Crippen LogP contribution in [0.25, 0.3) is 6.08 Å². The van der Waals surface area contributed by atoms with Crippen LogP contribution in [0, 0.1) is 5.92 Å². The van der Waals surface area contributed by atoms with E-state index in [0.29, 0.717) is 11.3 Å². The van der Waals surface area contributed by atoms with Crippen molar-refractivity contribution in [3.63, 3.8) is 0 Å². The zero-order chi connectivity index (χ0) is 103. The van der Waals surface area contributed by atoms with Gasteiger partial charge >= 0.3 is 154 Å². The number of nitrogen functional groups attached to an aromatic ring is 1. The summed E-state index contributed by atoms with van der Waals surface area (Å²) in [6.07, 6.45) is 9.28. The van der Waals surface area contributed by atoms with Crippen molar-refractivity contribution < 1.29 is 333 Å². The van der Waals surface area contributed by atoms with Gasteiger partial charge in [-0.3, -0.25) is 45.1 Å². The molecule has 144 heavy (non-hydrogen) atoms. The largest absolute Gasteiger partial charge is 1.00 e. The molecule has 0 saturated heterocycles. The minimum atomic E-state index is -4.63. The standard InChI is InChI=1S/C34H41N3O5S.C22H28N2O3.2C12H15NO3S.C11H13NO3S.C6H8N2O3S.C5H10O.BrH.2HI.3K/c1-33(2)25-13-9-10-14-28(25)36(17-11-12-18-37(6,7)8)30(33)21-24-31(38)23(32(24)39)20-29-34(3,4)26-19-22(43(40,41)42)15-16-27(26)35(29)5;1-22(2)16-10-6-7-11-17(16)23(12-8-9-13-24(3,4)5)18(22)14-15-19(25)21(27)20(15)26;2*1-8-12(2,3)10-7-9(17-16-15-14)5-6-11(10)13(8)4;1-7-11(2,3)9-6-8(16-15-14-13)4-5-10(9)12-7;7-8-5-1-3-6(4-2-5)12-11-10-9;1-4(2)5(3)6;;;;;;/h9-10,13-16,19-21H,11-12,17-18H2,1-8H3;6-7,10-11,14H,8-9,12-13H2,1-5H3;2*5-7H,1-4H3;4-6,13H,1-3H3;1-4,8-9H,7H2;4H,1-3H3;3*1H;;;/q;;;;;;;;;;3*+1/p-3/b;18-14+;;;;;;;;;;;. The molecule has 0 aromatic heterocycles. The summed E-state index contributed by atoms with van der Waals surface area (Å²) in [7, 11) is 14.4. The van der Waals surface area contributed by atoms with Crippen molar-refractivity contribution in [1.29, 1.82) is 0 Å². The summed E-state index contributed by atoms with van der Waals surface area (Å²) in [6.45, 7) is 40.7. The second-order valence-corrected chi connectivity index (χ2v) is 44.5. The fourth-order valence-electron chi connectivity index (χ4n) is 17.3. The minimum absolute atomic E-state index is 0. The number of aliphatic imine (C=N–C) groups is 1. The van der Waals surface area contributed by atoms with Gasteiger partial charge in [-0.2, -0.15) is 17.6 Å². The first-order chi connectivity index (χ1) is 64.4. The van der Waals surface area contributed by atoms with Gasteiger partial charge in [0.25, 0.3) is 5.43 Å². The van der Waals surface area contributed by atoms with Gasteiger partial charge in [0.2, 0.25) is 22.5 Å². The van der Waals surface area contributed by atoms with Gasteiger partial charge in [-0.05, 0) is 201 Å². The maximum Gasteiger partial charge on any atom is 1.00 e. The van der Waals surface area contributed by atoms with Crippen LogP contribution in [0.2, 0.25) is 0 Å². The van der Waals surface area contributed by atoms with E-state index in [1.807, 2.05) is 118 Å². The average Bonchev–Trinajstić information content (AvgIpc) is 1.56.